The van der Waals surface area contributed by atoms with Crippen LogP contribution in [0.1, 0.15) is 35.3 Å². The van der Waals surface area contributed by atoms with Crippen LogP contribution in [0.25, 0.3) is 0 Å². The van der Waals surface area contributed by atoms with Gasteiger partial charge >= 0.3 is 0 Å². The Morgan fingerprint density at radius 3 is 2.67 bits per heavy atom. The van der Waals surface area contributed by atoms with Crippen LogP contribution in [0, 0.1) is 0 Å². The molecule has 162 valence electrons. The number of sulfonamides is 1. The summed E-state index contributed by atoms with van der Waals surface area (Å²) < 4.78 is 38.5. The molecule has 1 aliphatic heterocycles. The molecule has 0 saturated carbocycles. The number of hydrogen-bond donors (Lipinski definition) is 1. The number of rotatable bonds is 8. The second-order valence-corrected chi connectivity index (χ2v) is 9.32. The van der Waals surface area contributed by atoms with Gasteiger partial charge in [0.15, 0.2) is 0 Å². The standard InChI is InChI=1S/C21H25ClN2O5S/c1-3-12-30(26,27)24-18-9-6-16(21(25)23-10-11-28-2)13-20(18)29-14-19(24)15-4-7-17(22)8-5-15/h4-9,13,19H,3,10-12,14H2,1-2H3,(H,23,25). The van der Waals surface area contributed by atoms with E-state index in [4.69, 9.17) is 21.1 Å². The van der Waals surface area contributed by atoms with Crippen molar-refractivity contribution >= 4 is 33.2 Å². The molecule has 1 unspecified atom stereocenters. The molecule has 1 atom stereocenters. The molecule has 0 saturated heterocycles. The minimum Gasteiger partial charge on any atom is -0.489 e. The van der Waals surface area contributed by atoms with Gasteiger partial charge in [-0.05, 0) is 42.3 Å². The Morgan fingerprint density at radius 1 is 1.27 bits per heavy atom. The van der Waals surface area contributed by atoms with E-state index in [0.717, 1.165) is 5.56 Å². The highest BCUT2D eigenvalue weighted by atomic mass is 35.5. The third-order valence-electron chi connectivity index (χ3n) is 4.75. The van der Waals surface area contributed by atoms with Gasteiger partial charge < -0.3 is 14.8 Å². The highest BCUT2D eigenvalue weighted by molar-refractivity contribution is 7.92. The van der Waals surface area contributed by atoms with E-state index in [2.05, 4.69) is 5.32 Å². The quantitative estimate of drug-likeness (QED) is 0.620. The lowest BCUT2D eigenvalue weighted by molar-refractivity contribution is 0.0936. The van der Waals surface area contributed by atoms with Gasteiger partial charge in [0.2, 0.25) is 10.0 Å². The van der Waals surface area contributed by atoms with Crippen LogP contribution < -0.4 is 14.4 Å². The second-order valence-electron chi connectivity index (χ2n) is 6.92. The first-order chi connectivity index (χ1) is 14.4. The molecular formula is C21H25ClN2O5S. The van der Waals surface area contributed by atoms with Gasteiger partial charge in [0, 0.05) is 24.2 Å². The summed E-state index contributed by atoms with van der Waals surface area (Å²) in [5.41, 5.74) is 1.59. The van der Waals surface area contributed by atoms with Crippen LogP contribution in [-0.2, 0) is 14.8 Å². The average molecular weight is 453 g/mol. The van der Waals surface area contributed by atoms with E-state index >= 15 is 0 Å². The molecule has 0 spiro atoms. The Morgan fingerprint density at radius 2 is 2.00 bits per heavy atom. The van der Waals surface area contributed by atoms with Crippen LogP contribution in [-0.4, -0.2) is 46.9 Å². The molecule has 1 N–H and O–H groups in total. The Hall–Kier alpha value is -2.29. The SMILES string of the molecule is CCCS(=O)(=O)N1c2ccc(C(=O)NCCOC)cc2OCC1c1ccc(Cl)cc1. The number of anilines is 1. The van der Waals surface area contributed by atoms with Crippen LogP contribution >= 0.6 is 11.6 Å². The topological polar surface area (TPSA) is 84.9 Å². The van der Waals surface area contributed by atoms with Gasteiger partial charge in [-0.2, -0.15) is 0 Å². The van der Waals surface area contributed by atoms with Crippen LogP contribution in [0.15, 0.2) is 42.5 Å². The Labute approximate surface area is 182 Å². The number of amides is 1. The summed E-state index contributed by atoms with van der Waals surface area (Å²) in [5.74, 6) is 0.0935. The number of methoxy groups -OCH3 is 1. The number of carbonyl (C=O) groups excluding carboxylic acids is 1. The van der Waals surface area contributed by atoms with Gasteiger partial charge in [-0.15, -0.1) is 0 Å². The molecule has 9 heteroatoms. The third kappa shape index (κ3) is 4.88. The maximum atomic E-state index is 13.1. The number of carbonyl (C=O) groups is 1. The van der Waals surface area contributed by atoms with E-state index in [0.29, 0.717) is 41.6 Å². The molecule has 2 aromatic rings. The summed E-state index contributed by atoms with van der Waals surface area (Å²) in [6, 6.07) is 11.3. The van der Waals surface area contributed by atoms with Crippen molar-refractivity contribution in [1.29, 1.82) is 0 Å². The van der Waals surface area contributed by atoms with E-state index in [9.17, 15) is 13.2 Å². The number of hydrogen-bond acceptors (Lipinski definition) is 5. The minimum absolute atomic E-state index is 0.00971. The highest BCUT2D eigenvalue weighted by Gasteiger charge is 2.37. The lowest BCUT2D eigenvalue weighted by atomic mass is 10.0. The van der Waals surface area contributed by atoms with Crippen molar-refractivity contribution in [2.45, 2.75) is 19.4 Å². The summed E-state index contributed by atoms with van der Waals surface area (Å²) in [4.78, 5) is 12.3. The first-order valence-corrected chi connectivity index (χ1v) is 11.7. The van der Waals surface area contributed by atoms with E-state index in [1.165, 1.54) is 4.31 Å². The molecular weight excluding hydrogens is 428 g/mol. The van der Waals surface area contributed by atoms with Crippen molar-refractivity contribution in [1.82, 2.24) is 5.32 Å². The monoisotopic (exact) mass is 452 g/mol. The molecule has 0 radical (unpaired) electrons. The number of fused-ring (bicyclic) bond motifs is 1. The molecule has 0 aliphatic carbocycles. The molecule has 0 fully saturated rings. The molecule has 1 aliphatic rings. The minimum atomic E-state index is -3.60. The van der Waals surface area contributed by atoms with Crippen molar-refractivity contribution < 1.29 is 22.7 Å². The normalized spacial score (nSPS) is 16.0. The molecule has 7 nitrogen and oxygen atoms in total. The first kappa shape index (κ1) is 22.4. The molecule has 1 amide bonds. The number of halogens is 1. The summed E-state index contributed by atoms with van der Waals surface area (Å²) >= 11 is 5.99. The first-order valence-electron chi connectivity index (χ1n) is 9.69. The second kappa shape index (κ2) is 9.68. The fraction of sp³-hybridized carbons (Fsp3) is 0.381. The Balaban J connectivity index is 1.98. The number of ether oxygens (including phenoxy) is 2. The van der Waals surface area contributed by atoms with E-state index in [1.54, 1.807) is 49.6 Å². The zero-order chi connectivity index (χ0) is 21.7. The number of benzene rings is 2. The lowest BCUT2D eigenvalue weighted by Gasteiger charge is -2.38. The van der Waals surface area contributed by atoms with Crippen LogP contribution in [0.3, 0.4) is 0 Å². The fourth-order valence-corrected chi connectivity index (χ4v) is 5.20. The van der Waals surface area contributed by atoms with E-state index < -0.39 is 16.1 Å². The van der Waals surface area contributed by atoms with Gasteiger partial charge in [0.05, 0.1) is 18.0 Å². The van der Waals surface area contributed by atoms with Gasteiger partial charge in [0.25, 0.3) is 5.91 Å². The van der Waals surface area contributed by atoms with Gasteiger partial charge in [-0.25, -0.2) is 8.42 Å². The highest BCUT2D eigenvalue weighted by Crippen LogP contribution is 2.42. The summed E-state index contributed by atoms with van der Waals surface area (Å²) in [7, 11) is -2.04. The average Bonchev–Trinajstić information content (AvgIpc) is 2.73. The van der Waals surface area contributed by atoms with Crippen LogP contribution in [0.2, 0.25) is 5.02 Å². The van der Waals surface area contributed by atoms with Crippen LogP contribution in [0.4, 0.5) is 5.69 Å². The zero-order valence-corrected chi connectivity index (χ0v) is 18.5. The van der Waals surface area contributed by atoms with Gasteiger partial charge in [-0.3, -0.25) is 9.10 Å². The van der Waals surface area contributed by atoms with Crippen molar-refractivity contribution in [3.63, 3.8) is 0 Å². The number of nitrogens with one attached hydrogen (secondary N) is 1. The fourth-order valence-electron chi connectivity index (χ4n) is 3.34. The van der Waals surface area contributed by atoms with E-state index in [1.807, 2.05) is 6.92 Å². The largest absolute Gasteiger partial charge is 0.489 e. The smallest absolute Gasteiger partial charge is 0.251 e. The summed E-state index contributed by atoms with van der Waals surface area (Å²) in [6.45, 7) is 2.73. The summed E-state index contributed by atoms with van der Waals surface area (Å²) in [5, 5.41) is 3.32. The molecule has 1 heterocycles. The predicted molar refractivity (Wildman–Crippen MR) is 117 cm³/mol. The molecule has 3 rings (SSSR count). The third-order valence-corrected chi connectivity index (χ3v) is 6.97. The predicted octanol–water partition coefficient (Wildman–Crippen LogP) is 3.40. The van der Waals surface area contributed by atoms with Crippen molar-refractivity contribution in [3.05, 3.63) is 58.6 Å². The maximum absolute atomic E-state index is 13.1. The molecule has 30 heavy (non-hydrogen) atoms. The van der Waals surface area contributed by atoms with Crippen molar-refractivity contribution in [3.8, 4) is 5.75 Å². The van der Waals surface area contributed by atoms with Crippen LogP contribution in [0.5, 0.6) is 5.75 Å². The Bertz CT molecular complexity index is 995. The van der Waals surface area contributed by atoms with Crippen molar-refractivity contribution in [2.75, 3.05) is 36.9 Å². The molecule has 2 aromatic carbocycles. The Kier molecular flexibility index (Phi) is 7.23. The molecule has 0 aromatic heterocycles. The summed E-state index contributed by atoms with van der Waals surface area (Å²) in [6.07, 6.45) is 0.488. The van der Waals surface area contributed by atoms with E-state index in [-0.39, 0.29) is 18.3 Å². The number of nitrogens with zero attached hydrogens (tertiary/aromatic N) is 1. The molecule has 0 bridgehead atoms. The lowest BCUT2D eigenvalue weighted by Crippen LogP contribution is -2.42. The maximum Gasteiger partial charge on any atom is 0.251 e. The zero-order valence-electron chi connectivity index (χ0n) is 16.9. The van der Waals surface area contributed by atoms with Crippen molar-refractivity contribution in [2.24, 2.45) is 0 Å². The van der Waals surface area contributed by atoms with Gasteiger partial charge in [-0.1, -0.05) is 30.7 Å². The van der Waals surface area contributed by atoms with Gasteiger partial charge in [0.1, 0.15) is 18.4 Å².